The summed E-state index contributed by atoms with van der Waals surface area (Å²) in [5.74, 6) is 0.563. The first kappa shape index (κ1) is 37.6. The lowest BCUT2D eigenvalue weighted by molar-refractivity contribution is -0.158. The van der Waals surface area contributed by atoms with Crippen molar-refractivity contribution < 1.29 is 19.1 Å². The molecule has 2 heterocycles. The number of halogens is 1. The van der Waals surface area contributed by atoms with Crippen LogP contribution in [0.25, 0.3) is 5.57 Å². The molecule has 3 rings (SSSR count). The monoisotopic (exact) mass is 608 g/mol. The Hall–Kier alpha value is -3.44. The highest BCUT2D eigenvalue weighted by atomic mass is 35.5. The van der Waals surface area contributed by atoms with Gasteiger partial charge in [0, 0.05) is 23.6 Å². The number of carbonyl (C=O) groups is 2. The van der Waals surface area contributed by atoms with Gasteiger partial charge in [0.2, 0.25) is 0 Å². The third kappa shape index (κ3) is 13.7. The number of nitrogens with one attached hydrogen (secondary N) is 2. The van der Waals surface area contributed by atoms with E-state index in [1.807, 2.05) is 27.7 Å². The number of hydrogen-bond donors (Lipinski definition) is 3. The molecule has 10 nitrogen and oxygen atoms in total. The topological polar surface area (TPSA) is 145 Å². The number of esters is 1. The fourth-order valence-corrected chi connectivity index (χ4v) is 3.69. The van der Waals surface area contributed by atoms with Crippen molar-refractivity contribution in [3.05, 3.63) is 52.6 Å². The lowest BCUT2D eigenvalue weighted by Crippen LogP contribution is -2.26. The van der Waals surface area contributed by atoms with E-state index < -0.39 is 11.6 Å². The third-order valence-electron chi connectivity index (χ3n) is 4.65. The van der Waals surface area contributed by atoms with Crippen LogP contribution in [0.4, 0.5) is 10.9 Å². The van der Waals surface area contributed by atoms with Crippen LogP contribution in [0.3, 0.4) is 0 Å². The van der Waals surface area contributed by atoms with Gasteiger partial charge in [0.15, 0.2) is 17.6 Å². The average molecular weight is 609 g/mol. The van der Waals surface area contributed by atoms with Crippen molar-refractivity contribution in [3.8, 4) is 0 Å². The van der Waals surface area contributed by atoms with Crippen LogP contribution >= 0.6 is 22.9 Å². The molecular formula is C29H45ClN6O4S. The maximum Gasteiger partial charge on any atom is 0.344 e. The molecule has 1 aliphatic rings. The Morgan fingerprint density at radius 2 is 1.90 bits per heavy atom. The molecular weight excluding hydrogens is 564 g/mol. The molecule has 1 fully saturated rings. The number of anilines is 2. The third-order valence-corrected chi connectivity index (χ3v) is 5.95. The van der Waals surface area contributed by atoms with E-state index in [1.54, 1.807) is 57.7 Å². The number of aldehydes is 1. The fourth-order valence-electron chi connectivity index (χ4n) is 2.75. The van der Waals surface area contributed by atoms with Gasteiger partial charge in [0.05, 0.1) is 11.9 Å². The minimum Gasteiger partial charge on any atom is -0.483 e. The van der Waals surface area contributed by atoms with Gasteiger partial charge < -0.3 is 25.3 Å². The molecule has 0 unspecified atom stereocenters. The Labute approximate surface area is 253 Å². The number of allylic oxidation sites excluding steroid dienone is 4. The second-order valence-corrected chi connectivity index (χ2v) is 10.6. The highest BCUT2D eigenvalue weighted by molar-refractivity contribution is 7.18. The number of aromatic nitrogens is 3. The van der Waals surface area contributed by atoms with E-state index in [0.29, 0.717) is 32.2 Å². The van der Waals surface area contributed by atoms with Gasteiger partial charge >= 0.3 is 5.97 Å². The van der Waals surface area contributed by atoms with Crippen LogP contribution in [0.15, 0.2) is 42.0 Å². The summed E-state index contributed by atoms with van der Waals surface area (Å²) in [6.45, 7) is 18.6. The number of imidazole rings is 1. The summed E-state index contributed by atoms with van der Waals surface area (Å²) in [7, 11) is 1.73. The second-order valence-electron chi connectivity index (χ2n) is 9.08. The predicted molar refractivity (Wildman–Crippen MR) is 171 cm³/mol. The normalized spacial score (nSPS) is 12.7. The number of carbonyl (C=O) groups excluding carboxylic acids is 2. The lowest BCUT2D eigenvalue weighted by atomic mass is 10.1. The van der Waals surface area contributed by atoms with Crippen molar-refractivity contribution in [2.45, 2.75) is 73.8 Å². The number of nitrogen functional groups attached to an aromatic ring is 1. The van der Waals surface area contributed by atoms with Gasteiger partial charge in [-0.3, -0.25) is 9.98 Å². The largest absolute Gasteiger partial charge is 0.483 e. The summed E-state index contributed by atoms with van der Waals surface area (Å²) < 4.78 is 12.1. The van der Waals surface area contributed by atoms with E-state index in [9.17, 15) is 9.59 Å². The van der Waals surface area contributed by atoms with Crippen LogP contribution in [0, 0.1) is 11.3 Å². The maximum atomic E-state index is 11.8. The van der Waals surface area contributed by atoms with Crippen molar-refractivity contribution in [2.24, 2.45) is 5.92 Å². The van der Waals surface area contributed by atoms with Crippen LogP contribution in [0.2, 0.25) is 0 Å². The number of nitrogens with zero attached hydrogens (tertiary/aromatic N) is 3. The van der Waals surface area contributed by atoms with Gasteiger partial charge in [-0.25, -0.2) is 14.8 Å². The molecule has 0 amide bonds. The summed E-state index contributed by atoms with van der Waals surface area (Å²) >= 11 is 7.59. The summed E-state index contributed by atoms with van der Waals surface area (Å²) in [4.78, 5) is 30.2. The van der Waals surface area contributed by atoms with E-state index >= 15 is 0 Å². The molecule has 0 radical (unpaired) electrons. The number of rotatable bonds is 9. The first-order valence-electron chi connectivity index (χ1n) is 13.5. The van der Waals surface area contributed by atoms with Crippen molar-refractivity contribution in [3.63, 3.8) is 0 Å². The van der Waals surface area contributed by atoms with E-state index in [-0.39, 0.29) is 24.0 Å². The van der Waals surface area contributed by atoms with Crippen molar-refractivity contribution in [1.82, 2.24) is 14.5 Å². The Balaban J connectivity index is 0.00000154. The zero-order valence-electron chi connectivity index (χ0n) is 25.6. The molecule has 0 atom stereocenters. The van der Waals surface area contributed by atoms with Crippen molar-refractivity contribution >= 4 is 57.6 Å². The molecule has 0 bridgehead atoms. The molecule has 41 heavy (non-hydrogen) atoms. The number of hydrogen-bond acceptors (Lipinski definition) is 10. The molecule has 0 saturated heterocycles. The average Bonchev–Trinajstić information content (AvgIpc) is 3.53. The minimum atomic E-state index is -0.596. The predicted octanol–water partition coefficient (Wildman–Crippen LogP) is 6.88. The minimum absolute atomic E-state index is 0.109. The molecule has 2 aromatic heterocycles. The fraction of sp³-hybridized carbons (Fsp3) is 0.483. The van der Waals surface area contributed by atoms with Gasteiger partial charge in [0.1, 0.15) is 34.7 Å². The first-order chi connectivity index (χ1) is 19.4. The highest BCUT2D eigenvalue weighted by Crippen LogP contribution is 2.29. The van der Waals surface area contributed by atoms with Crippen LogP contribution in [0.1, 0.15) is 78.8 Å². The Morgan fingerprint density at radius 1 is 1.29 bits per heavy atom. The lowest BCUT2D eigenvalue weighted by Gasteiger charge is -2.19. The number of thiazole rings is 1. The van der Waals surface area contributed by atoms with E-state index in [1.165, 1.54) is 17.7 Å². The van der Waals surface area contributed by atoms with Crippen LogP contribution < -0.4 is 11.1 Å². The Bertz CT molecular complexity index is 1200. The summed E-state index contributed by atoms with van der Waals surface area (Å²) in [5.41, 5.74) is 6.53. The zero-order valence-corrected chi connectivity index (χ0v) is 27.2. The van der Waals surface area contributed by atoms with Crippen molar-refractivity contribution in [1.29, 1.82) is 5.41 Å². The van der Waals surface area contributed by atoms with E-state index in [4.69, 9.17) is 32.2 Å². The van der Waals surface area contributed by atoms with Gasteiger partial charge in [0.25, 0.3) is 0 Å². The van der Waals surface area contributed by atoms with Gasteiger partial charge in [-0.15, -0.1) is 0 Å². The summed E-state index contributed by atoms with van der Waals surface area (Å²) in [5, 5.41) is 12.6. The van der Waals surface area contributed by atoms with Gasteiger partial charge in [-0.1, -0.05) is 57.2 Å². The van der Waals surface area contributed by atoms with Gasteiger partial charge in [-0.05, 0) is 52.7 Å². The molecule has 2 aromatic rings. The SMILES string of the molecule is C=C(/C=C\C(=C(/C)Cl)c1cncn1C(=N)c1sc(NC)nc1N)OCC(=O)OC(C)(C)C.CC.CC.O=CC1CC1. The second kappa shape index (κ2) is 18.8. The van der Waals surface area contributed by atoms with E-state index in [2.05, 4.69) is 21.9 Å². The van der Waals surface area contributed by atoms with Gasteiger partial charge in [-0.2, -0.15) is 0 Å². The molecule has 12 heteroatoms. The van der Waals surface area contributed by atoms with Crippen LogP contribution in [-0.2, 0) is 19.1 Å². The summed E-state index contributed by atoms with van der Waals surface area (Å²) in [6.07, 6.45) is 9.65. The molecule has 228 valence electrons. The highest BCUT2D eigenvalue weighted by Gasteiger charge is 2.20. The first-order valence-corrected chi connectivity index (χ1v) is 14.6. The number of nitrogens with two attached hydrogens (primary N) is 1. The quantitative estimate of drug-likeness (QED) is 0.0697. The Morgan fingerprint density at radius 3 is 2.34 bits per heavy atom. The molecule has 1 aliphatic carbocycles. The van der Waals surface area contributed by atoms with E-state index in [0.717, 1.165) is 19.1 Å². The molecule has 0 aliphatic heterocycles. The molecule has 0 aromatic carbocycles. The van der Waals surface area contributed by atoms with Crippen LogP contribution in [0.5, 0.6) is 0 Å². The van der Waals surface area contributed by atoms with Crippen LogP contribution in [-0.4, -0.2) is 51.9 Å². The Kier molecular flexibility index (Phi) is 17.2. The smallest absolute Gasteiger partial charge is 0.344 e. The molecule has 0 spiro atoms. The molecule has 1 saturated carbocycles. The summed E-state index contributed by atoms with van der Waals surface area (Å²) in [6, 6.07) is 0. The number of ether oxygens (including phenoxy) is 2. The zero-order chi connectivity index (χ0) is 31.8. The molecule has 4 N–H and O–H groups in total. The standard InChI is InChI=1S/C21H27ClN6O3S.C4H6O.2C2H6/c1-12(30-10-16(29)31-21(3,4)5)7-8-14(13(2)22)15-9-26-11-28(15)19(24)17-18(23)27-20(25-6)32-17;5-3-4-1-2-4;2*1-2/h7-9,11,24H,1,10,23H2,2-6H3,(H,25,27);3-4H,1-2H2;2*1-2H3/b8-7-,14-13-,24-19?;;;. The maximum absolute atomic E-state index is 11.8. The van der Waals surface area contributed by atoms with Crippen molar-refractivity contribution in [2.75, 3.05) is 24.7 Å².